The molecule has 0 radical (unpaired) electrons. The van der Waals surface area contributed by atoms with Gasteiger partial charge < -0.3 is 25.3 Å². The summed E-state index contributed by atoms with van der Waals surface area (Å²) in [5.41, 5.74) is 2.02. The molecule has 46 heavy (non-hydrogen) atoms. The highest BCUT2D eigenvalue weighted by Gasteiger charge is 2.31. The van der Waals surface area contributed by atoms with Crippen LogP contribution in [0.25, 0.3) is 17.1 Å². The van der Waals surface area contributed by atoms with E-state index < -0.39 is 18.6 Å². The first-order valence-corrected chi connectivity index (χ1v) is 15.6. The summed E-state index contributed by atoms with van der Waals surface area (Å²) < 4.78 is 39.8. The number of aryl methyl sites for hydroxylation is 1. The molecule has 3 heterocycles. The SMILES string of the molecule is CCC(=O)N1CCC(CN2CCN(Cc3ccc(-n4c(C(=O)NCC(F)(F)F)nnc4-c4cc(C)c(O)cc4O)cc3)CC2)CC1. The average molecular weight is 644 g/mol. The Morgan fingerprint density at radius 3 is 2.22 bits per heavy atom. The first-order valence-electron chi connectivity index (χ1n) is 15.6. The standard InChI is InChI=1S/C32H40F3N7O4/c1-3-28(45)41-10-8-23(9-11-41)19-40-14-12-39(13-15-40)18-22-4-6-24(7-5-22)42-29(25-16-21(2)26(43)17-27(25)44)37-38-30(42)31(46)36-20-32(33,34)35/h4-7,16-17,23,43-44H,3,8-15,18-20H2,1-2H3,(H,36,46). The lowest BCUT2D eigenvalue weighted by Crippen LogP contribution is -2.48. The quantitative estimate of drug-likeness (QED) is 0.322. The van der Waals surface area contributed by atoms with E-state index in [2.05, 4.69) is 20.0 Å². The van der Waals surface area contributed by atoms with Crippen molar-refractivity contribution in [1.29, 1.82) is 0 Å². The van der Waals surface area contributed by atoms with Crippen molar-refractivity contribution in [2.24, 2.45) is 5.92 Å². The van der Waals surface area contributed by atoms with Crippen molar-refractivity contribution in [3.8, 4) is 28.6 Å². The molecule has 2 aliphatic rings. The van der Waals surface area contributed by atoms with Gasteiger partial charge in [0.15, 0.2) is 5.82 Å². The van der Waals surface area contributed by atoms with Gasteiger partial charge in [-0.1, -0.05) is 19.1 Å². The van der Waals surface area contributed by atoms with Gasteiger partial charge >= 0.3 is 6.18 Å². The van der Waals surface area contributed by atoms with Gasteiger partial charge in [0.25, 0.3) is 5.91 Å². The molecule has 3 aromatic rings. The van der Waals surface area contributed by atoms with Crippen LogP contribution in [-0.4, -0.2) is 110 Å². The number of phenolic OH excluding ortho intramolecular Hbond substituents is 2. The third-order valence-electron chi connectivity index (χ3n) is 8.72. The summed E-state index contributed by atoms with van der Waals surface area (Å²) in [4.78, 5) is 31.6. The van der Waals surface area contributed by atoms with E-state index in [1.165, 1.54) is 10.6 Å². The van der Waals surface area contributed by atoms with Gasteiger partial charge in [-0.2, -0.15) is 13.2 Å². The summed E-state index contributed by atoms with van der Waals surface area (Å²) in [7, 11) is 0. The lowest BCUT2D eigenvalue weighted by molar-refractivity contribution is -0.132. The number of rotatable bonds is 9. The highest BCUT2D eigenvalue weighted by molar-refractivity contribution is 5.92. The number of hydrogen-bond acceptors (Lipinski definition) is 8. The number of hydrogen-bond donors (Lipinski definition) is 3. The maximum absolute atomic E-state index is 12.8. The third-order valence-corrected chi connectivity index (χ3v) is 8.72. The van der Waals surface area contributed by atoms with E-state index in [-0.39, 0.29) is 34.6 Å². The molecule has 0 aliphatic carbocycles. The Kier molecular flexibility index (Phi) is 10.2. The lowest BCUT2D eigenvalue weighted by atomic mass is 9.95. The molecule has 0 unspecified atom stereocenters. The second-order valence-corrected chi connectivity index (χ2v) is 12.1. The van der Waals surface area contributed by atoms with Crippen molar-refractivity contribution in [1.82, 2.24) is 34.8 Å². The number of alkyl halides is 3. The Hall–Kier alpha value is -4.17. The zero-order valence-electron chi connectivity index (χ0n) is 26.1. The number of carbonyl (C=O) groups excluding carboxylic acids is 2. The van der Waals surface area contributed by atoms with E-state index in [9.17, 15) is 33.0 Å². The second-order valence-electron chi connectivity index (χ2n) is 12.1. The number of piperazine rings is 1. The predicted molar refractivity (Wildman–Crippen MR) is 165 cm³/mol. The van der Waals surface area contributed by atoms with E-state index in [1.807, 2.05) is 29.3 Å². The first kappa shape index (κ1) is 33.2. The molecule has 0 bridgehead atoms. The molecule has 0 spiro atoms. The molecule has 2 fully saturated rings. The smallest absolute Gasteiger partial charge is 0.405 e. The van der Waals surface area contributed by atoms with Gasteiger partial charge in [-0.25, -0.2) is 0 Å². The zero-order valence-corrected chi connectivity index (χ0v) is 26.1. The van der Waals surface area contributed by atoms with Crippen LogP contribution in [0.3, 0.4) is 0 Å². The van der Waals surface area contributed by atoms with Gasteiger partial charge in [-0.15, -0.1) is 10.2 Å². The molecule has 0 saturated carbocycles. The Bertz CT molecular complexity index is 1530. The third kappa shape index (κ3) is 7.97. The zero-order chi connectivity index (χ0) is 33.0. The Morgan fingerprint density at radius 1 is 0.935 bits per heavy atom. The van der Waals surface area contributed by atoms with Crippen LogP contribution in [0.2, 0.25) is 0 Å². The minimum atomic E-state index is -4.61. The van der Waals surface area contributed by atoms with Gasteiger partial charge in [0.1, 0.15) is 18.0 Å². The number of likely N-dealkylation sites (tertiary alicyclic amines) is 1. The van der Waals surface area contributed by atoms with Crippen LogP contribution in [0.4, 0.5) is 13.2 Å². The summed E-state index contributed by atoms with van der Waals surface area (Å²) in [6, 6.07) is 9.84. The van der Waals surface area contributed by atoms with Gasteiger partial charge in [-0.05, 0) is 55.0 Å². The number of aromatic nitrogens is 3. The van der Waals surface area contributed by atoms with Gasteiger partial charge in [-0.3, -0.25) is 19.1 Å². The molecule has 5 rings (SSSR count). The molecule has 3 N–H and O–H groups in total. The Morgan fingerprint density at radius 2 is 1.59 bits per heavy atom. The fourth-order valence-corrected chi connectivity index (χ4v) is 6.07. The van der Waals surface area contributed by atoms with Crippen molar-refractivity contribution in [3.05, 3.63) is 53.3 Å². The number of phenols is 2. The number of halogens is 3. The average Bonchev–Trinajstić information content (AvgIpc) is 3.47. The van der Waals surface area contributed by atoms with Crippen LogP contribution in [-0.2, 0) is 11.3 Å². The molecule has 248 valence electrons. The lowest BCUT2D eigenvalue weighted by Gasteiger charge is -2.39. The number of nitrogens with one attached hydrogen (secondary N) is 1. The van der Waals surface area contributed by atoms with E-state index in [1.54, 1.807) is 19.1 Å². The number of nitrogens with zero attached hydrogens (tertiary/aromatic N) is 6. The van der Waals surface area contributed by atoms with Crippen LogP contribution in [0.15, 0.2) is 36.4 Å². The monoisotopic (exact) mass is 643 g/mol. The molecule has 2 aliphatic heterocycles. The number of benzene rings is 2. The summed E-state index contributed by atoms with van der Waals surface area (Å²) in [5, 5.41) is 30.3. The second kappa shape index (κ2) is 14.1. The van der Waals surface area contributed by atoms with Crippen LogP contribution in [0, 0.1) is 12.8 Å². The minimum Gasteiger partial charge on any atom is -0.508 e. The van der Waals surface area contributed by atoms with Gasteiger partial charge in [0.05, 0.1) is 5.56 Å². The molecule has 14 heteroatoms. The molecule has 0 atom stereocenters. The summed E-state index contributed by atoms with van der Waals surface area (Å²) >= 11 is 0. The molecular weight excluding hydrogens is 603 g/mol. The number of piperidine rings is 1. The van der Waals surface area contributed by atoms with Crippen LogP contribution in [0.1, 0.15) is 47.9 Å². The van der Waals surface area contributed by atoms with Crippen LogP contribution < -0.4 is 5.32 Å². The normalized spacial score (nSPS) is 16.9. The van der Waals surface area contributed by atoms with E-state index in [0.29, 0.717) is 30.1 Å². The Labute approximate surface area is 265 Å². The molecule has 2 amide bonds. The maximum Gasteiger partial charge on any atom is 0.405 e. The minimum absolute atomic E-state index is 0.0317. The highest BCUT2D eigenvalue weighted by atomic mass is 19.4. The highest BCUT2D eigenvalue weighted by Crippen LogP contribution is 2.35. The van der Waals surface area contributed by atoms with E-state index >= 15 is 0 Å². The Balaban J connectivity index is 1.25. The van der Waals surface area contributed by atoms with Crippen molar-refractivity contribution in [2.75, 3.05) is 52.4 Å². The largest absolute Gasteiger partial charge is 0.508 e. The maximum atomic E-state index is 12.8. The van der Waals surface area contributed by atoms with Crippen LogP contribution >= 0.6 is 0 Å². The topological polar surface area (TPSA) is 127 Å². The number of aromatic hydroxyl groups is 2. The molecular formula is C32H40F3N7O4. The molecule has 11 nitrogen and oxygen atoms in total. The van der Waals surface area contributed by atoms with Crippen molar-refractivity contribution >= 4 is 11.8 Å². The van der Waals surface area contributed by atoms with E-state index in [0.717, 1.165) is 70.3 Å². The fraction of sp³-hybridized carbons (Fsp3) is 0.500. The van der Waals surface area contributed by atoms with Gasteiger partial charge in [0, 0.05) is 70.5 Å². The van der Waals surface area contributed by atoms with Gasteiger partial charge in [0.2, 0.25) is 11.7 Å². The predicted octanol–water partition coefficient (Wildman–Crippen LogP) is 3.71. The van der Waals surface area contributed by atoms with Crippen LogP contribution in [0.5, 0.6) is 11.5 Å². The molecule has 2 aromatic carbocycles. The van der Waals surface area contributed by atoms with E-state index in [4.69, 9.17) is 0 Å². The summed E-state index contributed by atoms with van der Waals surface area (Å²) in [5.74, 6) is -1.05. The summed E-state index contributed by atoms with van der Waals surface area (Å²) in [6.07, 6.45) is -1.96. The molecule has 1 aromatic heterocycles. The van der Waals surface area contributed by atoms with Crippen molar-refractivity contribution in [2.45, 2.75) is 45.8 Å². The first-order chi connectivity index (χ1) is 21.9. The summed E-state index contributed by atoms with van der Waals surface area (Å²) in [6.45, 7) is 9.17. The fourth-order valence-electron chi connectivity index (χ4n) is 6.07. The molecule has 2 saturated heterocycles. The van der Waals surface area contributed by atoms with Crippen molar-refractivity contribution < 1.29 is 33.0 Å². The van der Waals surface area contributed by atoms with Crippen molar-refractivity contribution in [3.63, 3.8) is 0 Å². The number of amides is 2. The number of carbonyl (C=O) groups is 2.